The molecule has 78 valence electrons. The molecule has 1 rings (SSSR count). The summed E-state index contributed by atoms with van der Waals surface area (Å²) in [6.45, 7) is 0. The fourth-order valence-corrected chi connectivity index (χ4v) is 1.43. The van der Waals surface area contributed by atoms with Crippen LogP contribution in [0.1, 0.15) is 17.7 Å². The number of aromatic nitrogens is 1. The van der Waals surface area contributed by atoms with Crippen LogP contribution in [0.15, 0.2) is 6.07 Å². The van der Waals surface area contributed by atoms with Crippen LogP contribution in [0.4, 0.5) is 8.78 Å². The van der Waals surface area contributed by atoms with Crippen LogP contribution in [-0.4, -0.2) is 12.1 Å². The molecule has 0 aromatic carbocycles. The van der Waals surface area contributed by atoms with Gasteiger partial charge in [-0.25, -0.2) is 13.8 Å². The molecule has 0 spiro atoms. The highest BCUT2D eigenvalue weighted by atomic mass is 35.5. The van der Waals surface area contributed by atoms with Gasteiger partial charge in [-0.3, -0.25) is 0 Å². The molecule has 0 aliphatic rings. The van der Waals surface area contributed by atoms with Crippen molar-refractivity contribution in [2.45, 2.75) is 12.3 Å². The van der Waals surface area contributed by atoms with E-state index in [0.29, 0.717) is 5.69 Å². The Bertz CT molecular complexity index is 333. The molecule has 0 saturated heterocycles. The zero-order valence-electron chi connectivity index (χ0n) is 7.23. The third-order valence-electron chi connectivity index (χ3n) is 1.60. The number of methoxy groups -OCH3 is 1. The fraction of sp³-hybridized carbons (Fsp3) is 0.375. The van der Waals surface area contributed by atoms with E-state index in [1.807, 2.05) is 0 Å². The number of hydrogen-bond donors (Lipinski definition) is 0. The van der Waals surface area contributed by atoms with Crippen molar-refractivity contribution in [1.82, 2.24) is 4.98 Å². The van der Waals surface area contributed by atoms with Gasteiger partial charge in [-0.15, -0.1) is 11.6 Å². The molecule has 0 unspecified atom stereocenters. The van der Waals surface area contributed by atoms with Gasteiger partial charge in [0.1, 0.15) is 0 Å². The first-order valence-corrected chi connectivity index (χ1v) is 4.58. The van der Waals surface area contributed by atoms with Crippen molar-refractivity contribution in [2.75, 3.05) is 7.11 Å². The second-order valence-corrected chi connectivity index (χ2v) is 3.12. The van der Waals surface area contributed by atoms with Crippen LogP contribution >= 0.6 is 23.2 Å². The van der Waals surface area contributed by atoms with Gasteiger partial charge in [-0.2, -0.15) is 0 Å². The first-order valence-electron chi connectivity index (χ1n) is 3.67. The van der Waals surface area contributed by atoms with Crippen molar-refractivity contribution in [1.29, 1.82) is 0 Å². The van der Waals surface area contributed by atoms with E-state index in [-0.39, 0.29) is 22.3 Å². The van der Waals surface area contributed by atoms with Crippen molar-refractivity contribution in [2.24, 2.45) is 0 Å². The maximum atomic E-state index is 12.4. The first kappa shape index (κ1) is 11.5. The molecule has 1 aromatic rings. The van der Waals surface area contributed by atoms with Gasteiger partial charge in [0.25, 0.3) is 6.43 Å². The number of alkyl halides is 3. The molecule has 0 amide bonds. The van der Waals surface area contributed by atoms with Crippen LogP contribution < -0.4 is 4.74 Å². The molecule has 0 bridgehead atoms. The van der Waals surface area contributed by atoms with E-state index >= 15 is 0 Å². The molecule has 0 aliphatic carbocycles. The molecule has 0 saturated carbocycles. The Balaban J connectivity index is 3.24. The van der Waals surface area contributed by atoms with Gasteiger partial charge in [-0.05, 0) is 6.07 Å². The van der Waals surface area contributed by atoms with Gasteiger partial charge in [0.2, 0.25) is 5.88 Å². The lowest BCUT2D eigenvalue weighted by atomic mass is 10.2. The number of halogens is 4. The zero-order valence-corrected chi connectivity index (χ0v) is 8.74. The average Bonchev–Trinajstić information content (AvgIpc) is 2.17. The highest BCUT2D eigenvalue weighted by molar-refractivity contribution is 6.32. The summed E-state index contributed by atoms with van der Waals surface area (Å²) < 4.78 is 29.5. The standard InChI is InChI=1S/C8H7Cl2F2NO/c1-14-8-4(7(11)12)2-5(10)6(3-9)13-8/h2,7H,3H2,1H3. The molecule has 0 N–H and O–H groups in total. The molecular weight excluding hydrogens is 235 g/mol. The number of rotatable bonds is 3. The SMILES string of the molecule is COc1nc(CCl)c(Cl)cc1C(F)F. The highest BCUT2D eigenvalue weighted by Crippen LogP contribution is 2.31. The minimum Gasteiger partial charge on any atom is -0.481 e. The van der Waals surface area contributed by atoms with Gasteiger partial charge < -0.3 is 4.74 Å². The smallest absolute Gasteiger partial charge is 0.269 e. The lowest BCUT2D eigenvalue weighted by Crippen LogP contribution is -1.99. The minimum atomic E-state index is -2.67. The highest BCUT2D eigenvalue weighted by Gasteiger charge is 2.18. The summed E-state index contributed by atoms with van der Waals surface area (Å²) in [5.74, 6) is -0.0846. The van der Waals surface area contributed by atoms with E-state index in [1.54, 1.807) is 0 Å². The Kier molecular flexibility index (Phi) is 3.89. The fourth-order valence-electron chi connectivity index (χ4n) is 0.936. The van der Waals surface area contributed by atoms with Crippen molar-refractivity contribution in [3.05, 3.63) is 22.3 Å². The minimum absolute atomic E-state index is 0.0543. The maximum absolute atomic E-state index is 12.4. The molecule has 6 heteroatoms. The molecule has 0 aliphatic heterocycles. The molecule has 1 aromatic heterocycles. The van der Waals surface area contributed by atoms with Gasteiger partial charge >= 0.3 is 0 Å². The summed E-state index contributed by atoms with van der Waals surface area (Å²) in [7, 11) is 1.26. The normalized spacial score (nSPS) is 10.7. The van der Waals surface area contributed by atoms with Crippen molar-refractivity contribution in [3.63, 3.8) is 0 Å². The summed E-state index contributed by atoms with van der Waals surface area (Å²) >= 11 is 11.2. The van der Waals surface area contributed by atoms with Crippen LogP contribution in [0, 0.1) is 0 Å². The van der Waals surface area contributed by atoms with Crippen LogP contribution in [0.25, 0.3) is 0 Å². The van der Waals surface area contributed by atoms with E-state index in [9.17, 15) is 8.78 Å². The van der Waals surface area contributed by atoms with Crippen molar-refractivity contribution in [3.8, 4) is 5.88 Å². The molecule has 14 heavy (non-hydrogen) atoms. The Morgan fingerprint density at radius 3 is 2.64 bits per heavy atom. The van der Waals surface area contributed by atoms with Crippen molar-refractivity contribution < 1.29 is 13.5 Å². The summed E-state index contributed by atoms with van der Waals surface area (Å²) in [4.78, 5) is 3.76. The Morgan fingerprint density at radius 1 is 1.57 bits per heavy atom. The van der Waals surface area contributed by atoms with Gasteiger partial charge in [-0.1, -0.05) is 11.6 Å². The number of pyridine rings is 1. The summed E-state index contributed by atoms with van der Waals surface area (Å²) in [5, 5.41) is 0.121. The molecule has 2 nitrogen and oxygen atoms in total. The quantitative estimate of drug-likeness (QED) is 0.757. The topological polar surface area (TPSA) is 22.1 Å². The van der Waals surface area contributed by atoms with E-state index in [0.717, 1.165) is 6.07 Å². The largest absolute Gasteiger partial charge is 0.481 e. The predicted molar refractivity (Wildman–Crippen MR) is 50.3 cm³/mol. The Hall–Kier alpha value is -0.610. The lowest BCUT2D eigenvalue weighted by molar-refractivity contribution is 0.146. The van der Waals surface area contributed by atoms with Crippen LogP contribution in [-0.2, 0) is 5.88 Å². The second-order valence-electron chi connectivity index (χ2n) is 2.45. The summed E-state index contributed by atoms with van der Waals surface area (Å²) in [5.41, 5.74) is 0.000880. The second kappa shape index (κ2) is 4.75. The van der Waals surface area contributed by atoms with Gasteiger partial charge in [0.05, 0.1) is 29.3 Å². The monoisotopic (exact) mass is 241 g/mol. The maximum Gasteiger partial charge on any atom is 0.269 e. The van der Waals surface area contributed by atoms with Crippen LogP contribution in [0.2, 0.25) is 5.02 Å². The number of ether oxygens (including phenoxy) is 1. The van der Waals surface area contributed by atoms with E-state index in [2.05, 4.69) is 4.98 Å². The predicted octanol–water partition coefficient (Wildman–Crippen LogP) is 3.42. The van der Waals surface area contributed by atoms with Crippen molar-refractivity contribution >= 4 is 23.2 Å². The first-order chi connectivity index (χ1) is 6.60. The molecule has 0 radical (unpaired) electrons. The lowest BCUT2D eigenvalue weighted by Gasteiger charge is -2.09. The molecule has 0 fully saturated rings. The van der Waals surface area contributed by atoms with Crippen LogP contribution in [0.3, 0.4) is 0 Å². The third kappa shape index (κ3) is 2.25. The average molecular weight is 242 g/mol. The summed E-state index contributed by atoms with van der Waals surface area (Å²) in [6.07, 6.45) is -2.67. The van der Waals surface area contributed by atoms with E-state index in [1.165, 1.54) is 7.11 Å². The summed E-state index contributed by atoms with van der Waals surface area (Å²) in [6, 6.07) is 1.12. The number of nitrogens with zero attached hydrogens (tertiary/aromatic N) is 1. The van der Waals surface area contributed by atoms with Crippen LogP contribution in [0.5, 0.6) is 5.88 Å². The third-order valence-corrected chi connectivity index (χ3v) is 2.18. The zero-order chi connectivity index (χ0) is 10.7. The Labute approximate surface area is 89.8 Å². The molecule has 0 atom stereocenters. The molecule has 1 heterocycles. The molecular formula is C8H7Cl2F2NO. The van der Waals surface area contributed by atoms with E-state index < -0.39 is 6.43 Å². The Morgan fingerprint density at radius 2 is 2.21 bits per heavy atom. The van der Waals surface area contributed by atoms with Gasteiger partial charge in [0, 0.05) is 0 Å². The number of hydrogen-bond acceptors (Lipinski definition) is 2. The van der Waals surface area contributed by atoms with E-state index in [4.69, 9.17) is 27.9 Å². The van der Waals surface area contributed by atoms with Gasteiger partial charge in [0.15, 0.2) is 0 Å².